The summed E-state index contributed by atoms with van der Waals surface area (Å²) in [5.41, 5.74) is 0.689. The number of ether oxygens (including phenoxy) is 2. The second kappa shape index (κ2) is 9.50. The highest BCUT2D eigenvalue weighted by atomic mass is 35.5. The molecule has 36 heavy (non-hydrogen) atoms. The van der Waals surface area contributed by atoms with Crippen molar-refractivity contribution in [2.24, 2.45) is 11.8 Å². The Hall–Kier alpha value is -2.94. The molecule has 3 fully saturated rings. The third-order valence-corrected chi connectivity index (χ3v) is 8.02. The molecule has 0 aliphatic carbocycles. The van der Waals surface area contributed by atoms with Crippen molar-refractivity contribution in [1.82, 2.24) is 4.90 Å². The van der Waals surface area contributed by atoms with Crippen LogP contribution in [0.1, 0.15) is 36.9 Å². The summed E-state index contributed by atoms with van der Waals surface area (Å²) >= 11 is 6.39. The molecule has 2 aromatic rings. The van der Waals surface area contributed by atoms with Crippen LogP contribution in [0.4, 0.5) is 5.69 Å². The van der Waals surface area contributed by atoms with E-state index in [1.807, 2.05) is 31.2 Å². The number of hydrogen-bond donors (Lipinski definition) is 2. The van der Waals surface area contributed by atoms with E-state index < -0.39 is 60.0 Å². The van der Waals surface area contributed by atoms with Gasteiger partial charge in [0.1, 0.15) is 11.6 Å². The average molecular weight is 513 g/mol. The molecule has 0 aromatic heterocycles. The van der Waals surface area contributed by atoms with Gasteiger partial charge in [-0.25, -0.2) is 0 Å². The Labute approximate surface area is 214 Å². The summed E-state index contributed by atoms with van der Waals surface area (Å²) in [5.74, 6) is -3.04. The van der Waals surface area contributed by atoms with Crippen LogP contribution in [0, 0.1) is 18.8 Å². The molecule has 0 radical (unpaired) electrons. The molecule has 2 amide bonds. The van der Waals surface area contributed by atoms with Crippen LogP contribution in [0.15, 0.2) is 48.5 Å². The van der Waals surface area contributed by atoms with Gasteiger partial charge in [0.15, 0.2) is 0 Å². The van der Waals surface area contributed by atoms with Gasteiger partial charge in [-0.3, -0.25) is 14.4 Å². The van der Waals surface area contributed by atoms with Crippen LogP contribution in [0.5, 0.6) is 0 Å². The second-order valence-corrected chi connectivity index (χ2v) is 9.99. The van der Waals surface area contributed by atoms with Gasteiger partial charge in [0.2, 0.25) is 11.8 Å². The van der Waals surface area contributed by atoms with Crippen LogP contribution in [-0.4, -0.2) is 58.8 Å². The van der Waals surface area contributed by atoms with Crippen molar-refractivity contribution in [3.05, 3.63) is 64.7 Å². The van der Waals surface area contributed by atoms with E-state index in [0.29, 0.717) is 29.1 Å². The van der Waals surface area contributed by atoms with Crippen molar-refractivity contribution in [1.29, 1.82) is 0 Å². The number of aryl methyl sites for hydroxylation is 1. The number of rotatable bonds is 7. The molecule has 0 unspecified atom stereocenters. The highest BCUT2D eigenvalue weighted by Crippen LogP contribution is 2.60. The molecule has 3 heterocycles. The summed E-state index contributed by atoms with van der Waals surface area (Å²) in [6, 6.07) is 12.5. The van der Waals surface area contributed by atoms with Gasteiger partial charge in [-0.05, 0) is 43.9 Å². The van der Waals surface area contributed by atoms with Crippen LogP contribution < -0.4 is 5.32 Å². The van der Waals surface area contributed by atoms with E-state index in [-0.39, 0.29) is 6.61 Å². The van der Waals surface area contributed by atoms with Gasteiger partial charge < -0.3 is 24.8 Å². The molecule has 9 heteroatoms. The zero-order chi connectivity index (χ0) is 25.6. The predicted octanol–water partition coefficient (Wildman–Crippen LogP) is 3.26. The lowest BCUT2D eigenvalue weighted by Crippen LogP contribution is -2.54. The number of amides is 2. The van der Waals surface area contributed by atoms with Crippen LogP contribution in [0.25, 0.3) is 0 Å². The van der Waals surface area contributed by atoms with Gasteiger partial charge in [0, 0.05) is 0 Å². The maximum absolute atomic E-state index is 14.1. The summed E-state index contributed by atoms with van der Waals surface area (Å²) in [4.78, 5) is 42.5. The third kappa shape index (κ3) is 3.70. The number of esters is 1. The first-order valence-corrected chi connectivity index (χ1v) is 12.6. The zero-order valence-electron chi connectivity index (χ0n) is 20.1. The largest absolute Gasteiger partial charge is 0.466 e. The van der Waals surface area contributed by atoms with Crippen LogP contribution in [0.2, 0.25) is 5.02 Å². The summed E-state index contributed by atoms with van der Waals surface area (Å²) in [6.45, 7) is 3.32. The summed E-state index contributed by atoms with van der Waals surface area (Å²) in [5, 5.41) is 13.7. The van der Waals surface area contributed by atoms with Crippen LogP contribution >= 0.6 is 11.6 Å². The highest BCUT2D eigenvalue weighted by Gasteiger charge is 2.75. The summed E-state index contributed by atoms with van der Waals surface area (Å²) in [6.07, 6.45) is 0.472. The Bertz CT molecular complexity index is 1170. The fourth-order valence-corrected chi connectivity index (χ4v) is 6.51. The van der Waals surface area contributed by atoms with Gasteiger partial charge in [0.05, 0.1) is 47.9 Å². The number of hydrogen-bond acceptors (Lipinski definition) is 6. The van der Waals surface area contributed by atoms with E-state index >= 15 is 0 Å². The zero-order valence-corrected chi connectivity index (χ0v) is 20.9. The van der Waals surface area contributed by atoms with Gasteiger partial charge in [-0.15, -0.1) is 0 Å². The first-order chi connectivity index (χ1) is 17.3. The lowest BCUT2D eigenvalue weighted by Gasteiger charge is -2.37. The molecule has 5 rings (SSSR count). The van der Waals surface area contributed by atoms with E-state index in [4.69, 9.17) is 21.1 Å². The number of nitrogens with zero attached hydrogens (tertiary/aromatic N) is 1. The Balaban J connectivity index is 1.60. The monoisotopic (exact) mass is 512 g/mol. The molecule has 8 nitrogen and oxygen atoms in total. The molecule has 2 bridgehead atoms. The molecule has 2 aromatic carbocycles. The maximum Gasteiger partial charge on any atom is 0.312 e. The topological polar surface area (TPSA) is 105 Å². The number of para-hydroxylation sites is 1. The van der Waals surface area contributed by atoms with Crippen molar-refractivity contribution < 1.29 is 29.0 Å². The molecule has 3 saturated heterocycles. The number of halogens is 1. The minimum Gasteiger partial charge on any atom is -0.466 e. The number of fused-ring (bicyclic) bond motifs is 1. The van der Waals surface area contributed by atoms with E-state index in [2.05, 4.69) is 5.32 Å². The SMILES string of the molecule is CCOC(=O)[C@@H]1[C@H]2C(=O)N([C@H](CO)c3ccccc3)[C@H](C(=O)Nc3c(C)cccc3Cl)[C@]23CC[C@H]1O3. The summed E-state index contributed by atoms with van der Waals surface area (Å²) in [7, 11) is 0. The number of aliphatic hydroxyl groups excluding tert-OH is 1. The molecule has 6 atom stereocenters. The smallest absolute Gasteiger partial charge is 0.312 e. The van der Waals surface area contributed by atoms with E-state index in [9.17, 15) is 19.5 Å². The van der Waals surface area contributed by atoms with Crippen LogP contribution in [-0.2, 0) is 23.9 Å². The van der Waals surface area contributed by atoms with E-state index in [0.717, 1.165) is 5.56 Å². The van der Waals surface area contributed by atoms with Crippen molar-refractivity contribution in [3.63, 3.8) is 0 Å². The fourth-order valence-electron chi connectivity index (χ4n) is 6.24. The number of likely N-dealkylation sites (tertiary alicyclic amines) is 1. The molecule has 190 valence electrons. The van der Waals surface area contributed by atoms with E-state index in [1.54, 1.807) is 31.2 Å². The Morgan fingerprint density at radius 3 is 2.67 bits per heavy atom. The standard InChI is InChI=1S/C27H29ClN2O6/c1-3-35-26(34)20-19-12-13-27(36-19)21(20)25(33)30(18(14-31)16-9-5-4-6-10-16)23(27)24(32)29-22-15(2)8-7-11-17(22)28/h4-11,18-21,23,31H,3,12-14H2,1-2H3,(H,29,32)/t18-,19-,20+,21+,23-,27+/m1/s1. The maximum atomic E-state index is 14.1. The molecular weight excluding hydrogens is 484 g/mol. The highest BCUT2D eigenvalue weighted by molar-refractivity contribution is 6.34. The van der Waals surface area contributed by atoms with Gasteiger partial charge >= 0.3 is 5.97 Å². The Morgan fingerprint density at radius 2 is 2.00 bits per heavy atom. The minimum absolute atomic E-state index is 0.179. The number of benzene rings is 2. The van der Waals surface area contributed by atoms with Gasteiger partial charge in [-0.1, -0.05) is 54.1 Å². The number of anilines is 1. The number of aliphatic hydroxyl groups is 1. The molecule has 1 spiro atoms. The minimum atomic E-state index is -1.21. The second-order valence-electron chi connectivity index (χ2n) is 9.58. The normalized spacial score (nSPS) is 29.2. The number of carbonyl (C=O) groups is 3. The molecule has 3 aliphatic rings. The van der Waals surface area contributed by atoms with Crippen molar-refractivity contribution in [2.75, 3.05) is 18.5 Å². The Morgan fingerprint density at radius 1 is 1.25 bits per heavy atom. The Kier molecular flexibility index (Phi) is 6.53. The lowest BCUT2D eigenvalue weighted by molar-refractivity contribution is -0.155. The lowest BCUT2D eigenvalue weighted by atomic mass is 9.70. The van der Waals surface area contributed by atoms with Gasteiger partial charge in [0.25, 0.3) is 0 Å². The fraction of sp³-hybridized carbons (Fsp3) is 0.444. The first-order valence-electron chi connectivity index (χ1n) is 12.2. The molecular formula is C27H29ClN2O6. The van der Waals surface area contributed by atoms with E-state index in [1.165, 1.54) is 4.90 Å². The van der Waals surface area contributed by atoms with Crippen molar-refractivity contribution >= 4 is 35.1 Å². The molecule has 2 N–H and O–H groups in total. The molecule has 0 saturated carbocycles. The third-order valence-electron chi connectivity index (χ3n) is 7.71. The van der Waals surface area contributed by atoms with Gasteiger partial charge in [-0.2, -0.15) is 0 Å². The van der Waals surface area contributed by atoms with Crippen molar-refractivity contribution in [3.8, 4) is 0 Å². The van der Waals surface area contributed by atoms with Crippen LogP contribution in [0.3, 0.4) is 0 Å². The van der Waals surface area contributed by atoms with Crippen molar-refractivity contribution in [2.45, 2.75) is 50.5 Å². The quantitative estimate of drug-likeness (QED) is 0.552. The number of nitrogens with one attached hydrogen (secondary N) is 1. The number of carbonyl (C=O) groups excluding carboxylic acids is 3. The first kappa shape index (κ1) is 24.7. The molecule has 3 aliphatic heterocycles. The predicted molar refractivity (Wildman–Crippen MR) is 132 cm³/mol. The summed E-state index contributed by atoms with van der Waals surface area (Å²) < 4.78 is 11.7. The average Bonchev–Trinajstić information content (AvgIpc) is 3.51.